The Hall–Kier alpha value is -0.416. The molecule has 0 aliphatic carbocycles. The van der Waals surface area contributed by atoms with Gasteiger partial charge in [-0.1, -0.05) is 41.5 Å². The maximum absolute atomic E-state index is 13.3. The first-order valence-corrected chi connectivity index (χ1v) is 17.5. The Morgan fingerprint density at radius 2 is 1.27 bits per heavy atom. The van der Waals surface area contributed by atoms with Gasteiger partial charge in [0.25, 0.3) is 0 Å². The van der Waals surface area contributed by atoms with Crippen molar-refractivity contribution >= 4 is 22.7 Å². The second kappa shape index (κ2) is 9.21. The van der Waals surface area contributed by atoms with Crippen LogP contribution in [-0.2, 0) is 8.85 Å². The normalized spacial score (nSPS) is 24.9. The summed E-state index contributed by atoms with van der Waals surface area (Å²) in [5, 5.41) is 3.64. The van der Waals surface area contributed by atoms with Crippen LogP contribution in [0.4, 0.5) is 4.79 Å². The highest BCUT2D eigenvalue weighted by Crippen LogP contribution is 2.41. The fraction of sp³-hybridized carbons (Fsp3) is 0.955. The molecule has 2 atom stereocenters. The van der Waals surface area contributed by atoms with Gasteiger partial charge in [-0.05, 0) is 49.2 Å². The maximum Gasteiger partial charge on any atom is 0.320 e. The number of carbonyl (C=O) groups excluding carboxylic acids is 1. The van der Waals surface area contributed by atoms with E-state index in [0.717, 1.165) is 32.6 Å². The summed E-state index contributed by atoms with van der Waals surface area (Å²) in [6.45, 7) is 27.5. The molecule has 0 aromatic carbocycles. The van der Waals surface area contributed by atoms with E-state index in [2.05, 4.69) is 73.0 Å². The zero-order valence-electron chi connectivity index (χ0n) is 21.2. The molecule has 1 N–H and O–H groups in total. The number of rotatable bonds is 4. The number of hydrogen-bond donors (Lipinski definition) is 1. The maximum atomic E-state index is 13.3. The van der Waals surface area contributed by atoms with Crippen LogP contribution >= 0.6 is 0 Å². The highest BCUT2D eigenvalue weighted by Gasteiger charge is 2.48. The van der Waals surface area contributed by atoms with Gasteiger partial charge in [0, 0.05) is 19.6 Å². The van der Waals surface area contributed by atoms with Crippen molar-refractivity contribution < 1.29 is 13.6 Å². The predicted octanol–water partition coefficient (Wildman–Crippen LogP) is 4.50. The minimum absolute atomic E-state index is 0.0472. The largest absolute Gasteiger partial charge is 0.409 e. The molecule has 2 saturated heterocycles. The number of likely N-dealkylation sites (tertiary alicyclic amines) is 1. The summed E-state index contributed by atoms with van der Waals surface area (Å²) < 4.78 is 13.7. The summed E-state index contributed by atoms with van der Waals surface area (Å²) in [7, 11) is -3.94. The second-order valence-corrected chi connectivity index (χ2v) is 21.6. The van der Waals surface area contributed by atoms with Crippen molar-refractivity contribution in [3.05, 3.63) is 0 Å². The Bertz CT molecular complexity index is 555. The molecule has 8 heteroatoms. The third kappa shape index (κ3) is 6.09. The van der Waals surface area contributed by atoms with E-state index >= 15 is 0 Å². The molecule has 2 aliphatic heterocycles. The molecule has 0 bridgehead atoms. The van der Waals surface area contributed by atoms with E-state index in [1.165, 1.54) is 0 Å². The quantitative estimate of drug-likeness (QED) is 0.632. The molecule has 2 fully saturated rings. The summed E-state index contributed by atoms with van der Waals surface area (Å²) in [5.41, 5.74) is 0. The Morgan fingerprint density at radius 3 is 1.70 bits per heavy atom. The predicted molar refractivity (Wildman–Crippen MR) is 130 cm³/mol. The molecule has 0 spiro atoms. The minimum atomic E-state index is -1.97. The van der Waals surface area contributed by atoms with Crippen molar-refractivity contribution in [2.24, 2.45) is 0 Å². The zero-order chi connectivity index (χ0) is 23.0. The summed E-state index contributed by atoms with van der Waals surface area (Å²) >= 11 is 0. The monoisotopic (exact) mass is 457 g/mol. The highest BCUT2D eigenvalue weighted by atomic mass is 28.4. The van der Waals surface area contributed by atoms with Crippen LogP contribution < -0.4 is 5.32 Å². The summed E-state index contributed by atoms with van der Waals surface area (Å²) in [5.74, 6) is 0. The van der Waals surface area contributed by atoms with Gasteiger partial charge in [0.15, 0.2) is 16.6 Å². The van der Waals surface area contributed by atoms with Gasteiger partial charge in [0.05, 0.1) is 25.3 Å². The lowest BCUT2D eigenvalue weighted by Crippen LogP contribution is -2.51. The summed E-state index contributed by atoms with van der Waals surface area (Å²) in [4.78, 5) is 17.3. The van der Waals surface area contributed by atoms with Gasteiger partial charge in [-0.2, -0.15) is 0 Å². The van der Waals surface area contributed by atoms with E-state index < -0.39 is 16.6 Å². The molecule has 30 heavy (non-hydrogen) atoms. The summed E-state index contributed by atoms with van der Waals surface area (Å²) in [6, 6.07) is 0.142. The SMILES string of the molecule is CC(C)(C)[Si](C)(C)O[C@H]1CN(C(=O)N2CCCNCC2)C[C@@H]1O[Si](C)(C)C(C)(C)C. The molecule has 2 aliphatic rings. The van der Waals surface area contributed by atoms with Crippen LogP contribution in [0.2, 0.25) is 36.3 Å². The van der Waals surface area contributed by atoms with Gasteiger partial charge < -0.3 is 24.0 Å². The lowest BCUT2D eigenvalue weighted by molar-refractivity contribution is 0.0713. The van der Waals surface area contributed by atoms with Crippen LogP contribution in [0.5, 0.6) is 0 Å². The van der Waals surface area contributed by atoms with E-state index in [1.54, 1.807) is 0 Å². The van der Waals surface area contributed by atoms with Gasteiger partial charge in [-0.3, -0.25) is 0 Å². The second-order valence-electron chi connectivity index (χ2n) is 12.1. The van der Waals surface area contributed by atoms with Crippen LogP contribution in [-0.4, -0.2) is 83.9 Å². The van der Waals surface area contributed by atoms with Crippen molar-refractivity contribution in [2.45, 2.75) is 96.4 Å². The van der Waals surface area contributed by atoms with E-state index in [1.807, 2.05) is 9.80 Å². The number of amides is 2. The average molecular weight is 458 g/mol. The molecule has 0 aromatic heterocycles. The number of hydrogen-bond acceptors (Lipinski definition) is 4. The molecule has 2 rings (SSSR count). The molecule has 0 unspecified atom stereocenters. The lowest BCUT2D eigenvalue weighted by atomic mass is 10.2. The molecule has 0 aromatic rings. The molecular weight excluding hydrogens is 410 g/mol. The van der Waals surface area contributed by atoms with Crippen LogP contribution in [0, 0.1) is 0 Å². The number of nitrogens with one attached hydrogen (secondary N) is 1. The molecule has 176 valence electrons. The van der Waals surface area contributed by atoms with E-state index in [9.17, 15) is 4.79 Å². The third-order valence-electron chi connectivity index (χ3n) is 7.60. The van der Waals surface area contributed by atoms with Gasteiger partial charge in [-0.25, -0.2) is 4.79 Å². The van der Waals surface area contributed by atoms with E-state index in [4.69, 9.17) is 8.85 Å². The molecule has 2 amide bonds. The zero-order valence-corrected chi connectivity index (χ0v) is 23.2. The minimum Gasteiger partial charge on any atom is -0.409 e. The topological polar surface area (TPSA) is 54.0 Å². The molecule has 2 heterocycles. The highest BCUT2D eigenvalue weighted by molar-refractivity contribution is 6.74. The van der Waals surface area contributed by atoms with Crippen LogP contribution in [0.25, 0.3) is 0 Å². The molecule has 0 radical (unpaired) electrons. The van der Waals surface area contributed by atoms with Crippen LogP contribution in [0.15, 0.2) is 0 Å². The Kier molecular flexibility index (Phi) is 7.94. The van der Waals surface area contributed by atoms with Crippen molar-refractivity contribution in [3.8, 4) is 0 Å². The van der Waals surface area contributed by atoms with Gasteiger partial charge in [0.1, 0.15) is 0 Å². The third-order valence-corrected chi connectivity index (χ3v) is 16.6. The van der Waals surface area contributed by atoms with Crippen molar-refractivity contribution in [1.29, 1.82) is 0 Å². The van der Waals surface area contributed by atoms with Gasteiger partial charge in [-0.15, -0.1) is 0 Å². The van der Waals surface area contributed by atoms with Crippen molar-refractivity contribution in [3.63, 3.8) is 0 Å². The Balaban J connectivity index is 2.21. The van der Waals surface area contributed by atoms with Crippen LogP contribution in [0.3, 0.4) is 0 Å². The first-order chi connectivity index (χ1) is 13.6. The summed E-state index contributed by atoms with van der Waals surface area (Å²) in [6.07, 6.45) is 0.913. The molecule has 6 nitrogen and oxygen atoms in total. The lowest BCUT2D eigenvalue weighted by Gasteiger charge is -2.42. The number of nitrogens with zero attached hydrogens (tertiary/aromatic N) is 2. The molecular formula is C22H47N3O3Si2. The van der Waals surface area contributed by atoms with Gasteiger partial charge in [0.2, 0.25) is 0 Å². The van der Waals surface area contributed by atoms with Crippen molar-refractivity contribution in [1.82, 2.24) is 15.1 Å². The first kappa shape index (κ1) is 25.8. The Labute approximate surface area is 187 Å². The van der Waals surface area contributed by atoms with E-state index in [0.29, 0.717) is 13.1 Å². The fourth-order valence-electron chi connectivity index (χ4n) is 3.47. The Morgan fingerprint density at radius 1 is 0.800 bits per heavy atom. The number of carbonyl (C=O) groups is 1. The van der Waals surface area contributed by atoms with Crippen LogP contribution in [0.1, 0.15) is 48.0 Å². The first-order valence-electron chi connectivity index (χ1n) is 11.7. The van der Waals surface area contributed by atoms with Crippen molar-refractivity contribution in [2.75, 3.05) is 39.3 Å². The average Bonchev–Trinajstić information content (AvgIpc) is 2.79. The number of urea groups is 1. The standard InChI is InChI=1S/C22H47N3O3Si2/c1-21(2,3)29(7,8)27-18-16-25(20(26)24-14-11-12-23-13-15-24)17-19(18)28-30(9,10)22(4,5)6/h18-19,23H,11-17H2,1-10H3/t18-,19-/m0/s1. The smallest absolute Gasteiger partial charge is 0.320 e. The molecule has 0 saturated carbocycles. The van der Waals surface area contributed by atoms with E-state index in [-0.39, 0.29) is 28.3 Å². The fourth-order valence-corrected chi connectivity index (χ4v) is 6.15. The van der Waals surface area contributed by atoms with Gasteiger partial charge >= 0.3 is 6.03 Å².